The first-order valence-electron chi connectivity index (χ1n) is 11.2. The third-order valence-electron chi connectivity index (χ3n) is 6.00. The molecule has 1 unspecified atom stereocenters. The summed E-state index contributed by atoms with van der Waals surface area (Å²) in [7, 11) is 0. The van der Waals surface area contributed by atoms with Gasteiger partial charge in [-0.3, -0.25) is 0 Å². The Kier molecular flexibility index (Phi) is 7.94. The van der Waals surface area contributed by atoms with Crippen molar-refractivity contribution in [2.75, 3.05) is 6.61 Å². The Bertz CT molecular complexity index is 752. The number of ether oxygens (including phenoxy) is 1. The van der Waals surface area contributed by atoms with Gasteiger partial charge in [-0.2, -0.15) is 0 Å². The van der Waals surface area contributed by atoms with E-state index in [4.69, 9.17) is 4.74 Å². The van der Waals surface area contributed by atoms with Gasteiger partial charge in [0.05, 0.1) is 6.61 Å². The van der Waals surface area contributed by atoms with Crippen LogP contribution >= 0.6 is 0 Å². The molecular formula is C26H35FO. The second-order valence-corrected chi connectivity index (χ2v) is 8.24. The summed E-state index contributed by atoms with van der Waals surface area (Å²) in [4.78, 5) is 0. The van der Waals surface area contributed by atoms with Crippen LogP contribution in [-0.4, -0.2) is 6.61 Å². The maximum atomic E-state index is 14.8. The first-order chi connectivity index (χ1) is 13.7. The van der Waals surface area contributed by atoms with E-state index in [1.807, 2.05) is 6.07 Å². The smallest absolute Gasteiger partial charge is 0.126 e. The molecule has 2 aromatic carbocycles. The van der Waals surface area contributed by atoms with Crippen molar-refractivity contribution in [3.63, 3.8) is 0 Å². The van der Waals surface area contributed by atoms with E-state index in [0.717, 1.165) is 62.0 Å². The number of hydrogen-bond acceptors (Lipinski definition) is 1. The minimum absolute atomic E-state index is 0.0154. The van der Waals surface area contributed by atoms with Gasteiger partial charge in [0.15, 0.2) is 0 Å². The van der Waals surface area contributed by atoms with E-state index in [2.05, 4.69) is 38.1 Å². The van der Waals surface area contributed by atoms with Crippen molar-refractivity contribution in [2.24, 2.45) is 0 Å². The normalized spacial score (nSPS) is 16.0. The Hall–Kier alpha value is -1.83. The van der Waals surface area contributed by atoms with Crippen LogP contribution in [0.1, 0.15) is 87.0 Å². The average molecular weight is 383 g/mol. The summed E-state index contributed by atoms with van der Waals surface area (Å²) in [5, 5.41) is 0. The van der Waals surface area contributed by atoms with E-state index in [1.165, 1.54) is 36.8 Å². The summed E-state index contributed by atoms with van der Waals surface area (Å²) in [6.07, 6.45) is 11.0. The lowest BCUT2D eigenvalue weighted by molar-refractivity contribution is 0.305. The van der Waals surface area contributed by atoms with Crippen molar-refractivity contribution >= 4 is 0 Å². The number of halogens is 1. The monoisotopic (exact) mass is 382 g/mol. The Morgan fingerprint density at radius 2 is 1.75 bits per heavy atom. The third kappa shape index (κ3) is 5.59. The first-order valence-corrected chi connectivity index (χ1v) is 11.2. The van der Waals surface area contributed by atoms with E-state index in [9.17, 15) is 4.39 Å². The fourth-order valence-electron chi connectivity index (χ4n) is 4.27. The summed E-state index contributed by atoms with van der Waals surface area (Å²) < 4.78 is 20.7. The molecular weight excluding hydrogens is 347 g/mol. The molecule has 0 N–H and O–H groups in total. The van der Waals surface area contributed by atoms with Crippen LogP contribution in [0.3, 0.4) is 0 Å². The first kappa shape index (κ1) is 20.9. The molecule has 0 amide bonds. The SMILES string of the molecule is CCCCCOc1ccc2c(c1)CCC(c1ccc(CCCCC)cc1F)C2. The molecule has 0 spiro atoms. The van der Waals surface area contributed by atoms with Gasteiger partial charge >= 0.3 is 0 Å². The van der Waals surface area contributed by atoms with Crippen molar-refractivity contribution in [3.8, 4) is 5.75 Å². The van der Waals surface area contributed by atoms with Crippen LogP contribution in [0.15, 0.2) is 36.4 Å². The number of fused-ring (bicyclic) bond motifs is 1. The number of aryl methyl sites for hydroxylation is 2. The molecule has 0 fully saturated rings. The molecule has 0 heterocycles. The van der Waals surface area contributed by atoms with Crippen LogP contribution in [-0.2, 0) is 19.3 Å². The van der Waals surface area contributed by atoms with Crippen LogP contribution in [0.2, 0.25) is 0 Å². The fraction of sp³-hybridized carbons (Fsp3) is 0.538. The van der Waals surface area contributed by atoms with Crippen LogP contribution < -0.4 is 4.74 Å². The molecule has 0 saturated carbocycles. The zero-order chi connectivity index (χ0) is 19.8. The summed E-state index contributed by atoms with van der Waals surface area (Å²) >= 11 is 0. The van der Waals surface area contributed by atoms with Crippen molar-refractivity contribution in [2.45, 2.75) is 84.0 Å². The van der Waals surface area contributed by atoms with Crippen LogP contribution in [0, 0.1) is 5.82 Å². The minimum atomic E-state index is -0.0154. The van der Waals surface area contributed by atoms with Gasteiger partial charge in [0.25, 0.3) is 0 Å². The van der Waals surface area contributed by atoms with Gasteiger partial charge in [0.1, 0.15) is 11.6 Å². The van der Waals surface area contributed by atoms with E-state index < -0.39 is 0 Å². The van der Waals surface area contributed by atoms with Crippen LogP contribution in [0.5, 0.6) is 5.75 Å². The predicted octanol–water partition coefficient (Wildman–Crippen LogP) is 7.40. The van der Waals surface area contributed by atoms with Crippen molar-refractivity contribution < 1.29 is 9.13 Å². The molecule has 0 aromatic heterocycles. The second-order valence-electron chi connectivity index (χ2n) is 8.24. The van der Waals surface area contributed by atoms with Gasteiger partial charge in [-0.25, -0.2) is 4.39 Å². The molecule has 0 bridgehead atoms. The summed E-state index contributed by atoms with van der Waals surface area (Å²) in [6.45, 7) is 5.20. The molecule has 28 heavy (non-hydrogen) atoms. The maximum Gasteiger partial charge on any atom is 0.126 e. The molecule has 152 valence electrons. The fourth-order valence-corrected chi connectivity index (χ4v) is 4.27. The molecule has 0 saturated heterocycles. The predicted molar refractivity (Wildman–Crippen MR) is 116 cm³/mol. The lowest BCUT2D eigenvalue weighted by atomic mass is 9.79. The zero-order valence-corrected chi connectivity index (χ0v) is 17.6. The Labute approximate surface area is 170 Å². The molecule has 2 heteroatoms. The van der Waals surface area contributed by atoms with Crippen molar-refractivity contribution in [1.29, 1.82) is 0 Å². The Morgan fingerprint density at radius 3 is 2.54 bits per heavy atom. The number of rotatable bonds is 10. The molecule has 0 aliphatic heterocycles. The molecule has 1 nitrogen and oxygen atoms in total. The highest BCUT2D eigenvalue weighted by Gasteiger charge is 2.23. The molecule has 2 aromatic rings. The lowest BCUT2D eigenvalue weighted by Crippen LogP contribution is -2.14. The standard InChI is InChI=1S/C26H35FO/c1-3-5-7-9-20-10-15-25(26(27)17-20)23-12-11-22-19-24(14-13-21(22)18-23)28-16-8-6-4-2/h10,13-15,17,19,23H,3-9,11-12,16,18H2,1-2H3. The lowest BCUT2D eigenvalue weighted by Gasteiger charge is -2.26. The molecule has 0 radical (unpaired) electrons. The van der Waals surface area contributed by atoms with Crippen LogP contribution in [0.25, 0.3) is 0 Å². The molecule has 1 aliphatic rings. The van der Waals surface area contributed by atoms with Gasteiger partial charge in [-0.1, -0.05) is 57.7 Å². The quantitative estimate of drug-likeness (QED) is 0.389. The van der Waals surface area contributed by atoms with Gasteiger partial charge in [0, 0.05) is 0 Å². The topological polar surface area (TPSA) is 9.23 Å². The Morgan fingerprint density at radius 1 is 0.929 bits per heavy atom. The van der Waals surface area contributed by atoms with Gasteiger partial charge in [0.2, 0.25) is 0 Å². The zero-order valence-electron chi connectivity index (χ0n) is 17.6. The van der Waals surface area contributed by atoms with Crippen molar-refractivity contribution in [1.82, 2.24) is 0 Å². The molecule has 1 aliphatic carbocycles. The summed E-state index contributed by atoms with van der Waals surface area (Å²) in [5.74, 6) is 1.25. The third-order valence-corrected chi connectivity index (χ3v) is 6.00. The highest BCUT2D eigenvalue weighted by molar-refractivity contribution is 5.40. The molecule has 1 atom stereocenters. The summed E-state index contributed by atoms with van der Waals surface area (Å²) in [6, 6.07) is 12.4. The maximum absolute atomic E-state index is 14.8. The number of unbranched alkanes of at least 4 members (excludes halogenated alkanes) is 4. The van der Waals surface area contributed by atoms with Gasteiger partial charge < -0.3 is 4.74 Å². The van der Waals surface area contributed by atoms with Crippen LogP contribution in [0.4, 0.5) is 4.39 Å². The van der Waals surface area contributed by atoms with Crippen molar-refractivity contribution in [3.05, 3.63) is 64.5 Å². The highest BCUT2D eigenvalue weighted by Crippen LogP contribution is 2.35. The second kappa shape index (κ2) is 10.6. The summed E-state index contributed by atoms with van der Waals surface area (Å²) in [5.41, 5.74) is 4.75. The average Bonchev–Trinajstić information content (AvgIpc) is 2.71. The van der Waals surface area contributed by atoms with E-state index in [-0.39, 0.29) is 11.7 Å². The van der Waals surface area contributed by atoms with Gasteiger partial charge in [-0.15, -0.1) is 0 Å². The van der Waals surface area contributed by atoms with Gasteiger partial charge in [-0.05, 0) is 84.9 Å². The molecule has 3 rings (SSSR count). The minimum Gasteiger partial charge on any atom is -0.494 e. The van der Waals surface area contributed by atoms with E-state index in [1.54, 1.807) is 6.07 Å². The largest absolute Gasteiger partial charge is 0.494 e. The number of benzene rings is 2. The van der Waals surface area contributed by atoms with E-state index in [0.29, 0.717) is 0 Å². The number of hydrogen-bond donors (Lipinski definition) is 0. The Balaban J connectivity index is 1.61. The highest BCUT2D eigenvalue weighted by atomic mass is 19.1. The van der Waals surface area contributed by atoms with E-state index >= 15 is 0 Å².